The zero-order valence-electron chi connectivity index (χ0n) is 16.6. The highest BCUT2D eigenvalue weighted by molar-refractivity contribution is 6.15. The van der Waals surface area contributed by atoms with Gasteiger partial charge in [0.05, 0.1) is 11.1 Å². The van der Waals surface area contributed by atoms with E-state index in [1.807, 2.05) is 12.3 Å². The first-order valence-corrected chi connectivity index (χ1v) is 9.82. The summed E-state index contributed by atoms with van der Waals surface area (Å²) in [6.45, 7) is 8.92. The van der Waals surface area contributed by atoms with Crippen LogP contribution in [0.5, 0.6) is 0 Å². The molecule has 1 aliphatic carbocycles. The van der Waals surface area contributed by atoms with Crippen molar-refractivity contribution in [3.05, 3.63) is 77.0 Å². The minimum atomic E-state index is -0.156. The molecule has 0 atom stereocenters. The van der Waals surface area contributed by atoms with E-state index in [1.165, 1.54) is 44.0 Å². The molecule has 0 spiro atoms. The SMILES string of the molecule is Cc1ccc2cc3c(cc2c1)C(C)(C)c1ccc(C)c2oc4ccnc-3c4c12. The molecular formula is C26H21NO. The molecule has 2 heteroatoms. The molecule has 0 unspecified atom stereocenters. The number of fused-ring (bicyclic) bond motifs is 3. The second-order valence-corrected chi connectivity index (χ2v) is 8.64. The zero-order chi connectivity index (χ0) is 19.2. The summed E-state index contributed by atoms with van der Waals surface area (Å²) in [5, 5.41) is 4.91. The molecule has 3 aromatic carbocycles. The Kier molecular flexibility index (Phi) is 2.85. The zero-order valence-corrected chi connectivity index (χ0v) is 16.6. The van der Waals surface area contributed by atoms with Crippen molar-refractivity contribution in [3.63, 3.8) is 0 Å². The van der Waals surface area contributed by atoms with Crippen molar-refractivity contribution in [1.29, 1.82) is 0 Å². The molecule has 0 saturated carbocycles. The highest BCUT2D eigenvalue weighted by Crippen LogP contribution is 2.50. The van der Waals surface area contributed by atoms with E-state index in [0.717, 1.165) is 22.2 Å². The average molecular weight is 363 g/mol. The second kappa shape index (κ2) is 5.02. The summed E-state index contributed by atoms with van der Waals surface area (Å²) in [6, 6.07) is 17.8. The third kappa shape index (κ3) is 1.85. The lowest BCUT2D eigenvalue weighted by atomic mass is 9.75. The number of benzene rings is 3. The smallest absolute Gasteiger partial charge is 0.139 e. The van der Waals surface area contributed by atoms with E-state index in [-0.39, 0.29) is 5.41 Å². The van der Waals surface area contributed by atoms with Crippen molar-refractivity contribution in [1.82, 2.24) is 4.98 Å². The third-order valence-electron chi connectivity index (χ3n) is 6.46. The number of aryl methyl sites for hydroxylation is 2. The van der Waals surface area contributed by atoms with E-state index in [1.54, 1.807) is 0 Å². The Labute approximate surface area is 163 Å². The summed E-state index contributed by atoms with van der Waals surface area (Å²) in [5.74, 6) is 0. The quantitative estimate of drug-likeness (QED) is 0.294. The maximum absolute atomic E-state index is 6.31. The molecule has 0 saturated heterocycles. The van der Waals surface area contributed by atoms with Crippen molar-refractivity contribution in [3.8, 4) is 11.3 Å². The van der Waals surface area contributed by atoms with Gasteiger partial charge in [0.25, 0.3) is 0 Å². The highest BCUT2D eigenvalue weighted by Gasteiger charge is 2.34. The molecule has 0 amide bonds. The van der Waals surface area contributed by atoms with Crippen LogP contribution in [0.4, 0.5) is 0 Å². The molecule has 0 bridgehead atoms. The summed E-state index contributed by atoms with van der Waals surface area (Å²) >= 11 is 0. The van der Waals surface area contributed by atoms with E-state index in [4.69, 9.17) is 9.40 Å². The molecule has 5 aromatic rings. The van der Waals surface area contributed by atoms with E-state index < -0.39 is 0 Å². The van der Waals surface area contributed by atoms with Crippen LogP contribution in [0, 0.1) is 13.8 Å². The van der Waals surface area contributed by atoms with Crippen molar-refractivity contribution in [2.75, 3.05) is 0 Å². The lowest BCUT2D eigenvalue weighted by Gasteiger charge is -2.28. The number of pyridine rings is 1. The molecule has 2 heterocycles. The van der Waals surface area contributed by atoms with Crippen molar-refractivity contribution in [2.24, 2.45) is 0 Å². The topological polar surface area (TPSA) is 26.0 Å². The molecule has 0 fully saturated rings. The monoisotopic (exact) mass is 363 g/mol. The summed E-state index contributed by atoms with van der Waals surface area (Å²) in [5.41, 5.74) is 9.09. The van der Waals surface area contributed by atoms with Crippen molar-refractivity contribution >= 4 is 32.7 Å². The Hall–Kier alpha value is -3.13. The maximum atomic E-state index is 6.31. The fourth-order valence-electron chi connectivity index (χ4n) is 4.95. The van der Waals surface area contributed by atoms with Gasteiger partial charge >= 0.3 is 0 Å². The van der Waals surface area contributed by atoms with Gasteiger partial charge in [0.1, 0.15) is 11.2 Å². The fourth-order valence-corrected chi connectivity index (χ4v) is 4.95. The molecule has 136 valence electrons. The summed E-state index contributed by atoms with van der Waals surface area (Å²) in [6.07, 6.45) is 1.87. The standard InChI is InChI=1S/C26H21NO/c1-14-5-7-16-12-18-20(13-17(16)11-14)26(3,4)19-8-6-15(2)25-22(19)23-21(28-25)9-10-27-24(18)23/h5-13H,1-4H3. The lowest BCUT2D eigenvalue weighted by molar-refractivity contribution is 0.642. The number of hydrogen-bond donors (Lipinski definition) is 0. The Morgan fingerprint density at radius 1 is 0.821 bits per heavy atom. The summed E-state index contributed by atoms with van der Waals surface area (Å²) in [4.78, 5) is 4.85. The van der Waals surface area contributed by atoms with Crippen LogP contribution in [0.25, 0.3) is 44.0 Å². The molecule has 28 heavy (non-hydrogen) atoms. The number of hydrogen-bond acceptors (Lipinski definition) is 2. The van der Waals surface area contributed by atoms with Crippen LogP contribution in [0.15, 0.2) is 59.1 Å². The van der Waals surface area contributed by atoms with Crippen molar-refractivity contribution < 1.29 is 4.42 Å². The molecule has 0 aliphatic heterocycles. The number of aromatic nitrogens is 1. The van der Waals surface area contributed by atoms with Gasteiger partial charge in [-0.2, -0.15) is 0 Å². The molecular weight excluding hydrogens is 342 g/mol. The highest BCUT2D eigenvalue weighted by atomic mass is 16.3. The Bertz CT molecular complexity index is 1450. The minimum Gasteiger partial charge on any atom is -0.456 e. The Morgan fingerprint density at radius 2 is 1.68 bits per heavy atom. The van der Waals surface area contributed by atoms with Crippen LogP contribution in [-0.2, 0) is 5.41 Å². The molecule has 1 aliphatic rings. The first-order valence-electron chi connectivity index (χ1n) is 9.82. The molecule has 2 aromatic heterocycles. The van der Waals surface area contributed by atoms with E-state index in [0.29, 0.717) is 0 Å². The first-order chi connectivity index (χ1) is 13.4. The van der Waals surface area contributed by atoms with Gasteiger partial charge < -0.3 is 4.42 Å². The molecule has 0 N–H and O–H groups in total. The number of nitrogens with zero attached hydrogens (tertiary/aromatic N) is 1. The van der Waals surface area contributed by atoms with Crippen molar-refractivity contribution in [2.45, 2.75) is 33.1 Å². The summed E-state index contributed by atoms with van der Waals surface area (Å²) < 4.78 is 6.31. The minimum absolute atomic E-state index is 0.156. The first kappa shape index (κ1) is 15.9. The van der Waals surface area contributed by atoms with E-state index >= 15 is 0 Å². The summed E-state index contributed by atoms with van der Waals surface area (Å²) in [7, 11) is 0. The van der Waals surface area contributed by atoms with Gasteiger partial charge in [-0.15, -0.1) is 0 Å². The van der Waals surface area contributed by atoms with E-state index in [9.17, 15) is 0 Å². The second-order valence-electron chi connectivity index (χ2n) is 8.64. The maximum Gasteiger partial charge on any atom is 0.139 e. The van der Waals surface area contributed by atoms with Gasteiger partial charge in [-0.05, 0) is 59.5 Å². The van der Waals surface area contributed by atoms with Gasteiger partial charge in [-0.3, -0.25) is 4.98 Å². The largest absolute Gasteiger partial charge is 0.456 e. The number of furan rings is 1. The number of rotatable bonds is 0. The molecule has 2 nitrogen and oxygen atoms in total. The average Bonchev–Trinajstić information content (AvgIpc) is 3.04. The third-order valence-corrected chi connectivity index (χ3v) is 6.46. The Morgan fingerprint density at radius 3 is 2.54 bits per heavy atom. The van der Waals surface area contributed by atoms with Crippen LogP contribution in [-0.4, -0.2) is 4.98 Å². The van der Waals surface area contributed by atoms with Gasteiger partial charge in [0.2, 0.25) is 0 Å². The van der Waals surface area contributed by atoms with Crippen LogP contribution in [0.3, 0.4) is 0 Å². The van der Waals surface area contributed by atoms with Crippen LogP contribution < -0.4 is 0 Å². The predicted octanol–water partition coefficient (Wildman–Crippen LogP) is 7.06. The van der Waals surface area contributed by atoms with Gasteiger partial charge in [-0.1, -0.05) is 49.7 Å². The van der Waals surface area contributed by atoms with Crippen LogP contribution in [0.1, 0.15) is 36.1 Å². The fraction of sp³-hybridized carbons (Fsp3) is 0.192. The molecule has 0 radical (unpaired) electrons. The molecule has 6 rings (SSSR count). The lowest BCUT2D eigenvalue weighted by Crippen LogP contribution is -2.19. The van der Waals surface area contributed by atoms with Crippen LogP contribution >= 0.6 is 0 Å². The van der Waals surface area contributed by atoms with E-state index in [2.05, 4.69) is 70.2 Å². The van der Waals surface area contributed by atoms with Gasteiger partial charge in [-0.25, -0.2) is 0 Å². The Balaban J connectivity index is 1.89. The van der Waals surface area contributed by atoms with Gasteiger partial charge in [0, 0.05) is 22.6 Å². The predicted molar refractivity (Wildman–Crippen MR) is 116 cm³/mol. The normalized spacial score (nSPS) is 14.7. The van der Waals surface area contributed by atoms with Crippen LogP contribution in [0.2, 0.25) is 0 Å². The van der Waals surface area contributed by atoms with Gasteiger partial charge in [0.15, 0.2) is 0 Å².